The maximum Gasteiger partial charge on any atom is 0.283 e. The summed E-state index contributed by atoms with van der Waals surface area (Å²) in [6, 6.07) is 24.6. The van der Waals surface area contributed by atoms with Gasteiger partial charge in [-0.15, -0.1) is 0 Å². The minimum Gasteiger partial charge on any atom is -0.269 e. The van der Waals surface area contributed by atoms with Gasteiger partial charge in [-0.1, -0.05) is 66.2 Å². The van der Waals surface area contributed by atoms with Crippen molar-refractivity contribution in [2.24, 2.45) is 0 Å². The van der Waals surface area contributed by atoms with Crippen LogP contribution >= 0.6 is 0 Å². The highest BCUT2D eigenvalue weighted by molar-refractivity contribution is 5.96. The molecule has 29 heavy (non-hydrogen) atoms. The van der Waals surface area contributed by atoms with Crippen molar-refractivity contribution in [1.82, 2.24) is 9.55 Å². The van der Waals surface area contributed by atoms with Crippen LogP contribution in [0.5, 0.6) is 0 Å². The van der Waals surface area contributed by atoms with Crippen LogP contribution in [0.25, 0.3) is 22.4 Å². The van der Waals surface area contributed by atoms with Crippen LogP contribution in [-0.2, 0) is 0 Å². The first-order valence-corrected chi connectivity index (χ1v) is 9.40. The molecule has 0 amide bonds. The van der Waals surface area contributed by atoms with Crippen molar-refractivity contribution in [3.63, 3.8) is 0 Å². The van der Waals surface area contributed by atoms with E-state index in [1.54, 1.807) is 18.3 Å². The van der Waals surface area contributed by atoms with Crippen LogP contribution in [0.15, 0.2) is 89.9 Å². The summed E-state index contributed by atoms with van der Waals surface area (Å²) in [6.45, 7) is 3.87. The lowest BCUT2D eigenvalue weighted by Gasteiger charge is -2.11. The van der Waals surface area contributed by atoms with E-state index in [0.717, 1.165) is 32.4 Å². The number of carbonyl (C=O) groups excluding carboxylic acids is 1. The zero-order valence-corrected chi connectivity index (χ0v) is 16.3. The van der Waals surface area contributed by atoms with E-state index < -0.39 is 5.91 Å². The van der Waals surface area contributed by atoms with Gasteiger partial charge in [-0.3, -0.25) is 9.59 Å². The van der Waals surface area contributed by atoms with Gasteiger partial charge in [0.2, 0.25) is 0 Å². The monoisotopic (exact) mass is 380 g/mol. The number of carbonyl (C=O) groups is 1. The fourth-order valence-electron chi connectivity index (χ4n) is 3.19. The molecule has 0 N–H and O–H groups in total. The molecular formula is C25H20N2O2. The molecule has 2 aromatic heterocycles. The Morgan fingerprint density at radius 1 is 0.759 bits per heavy atom. The summed E-state index contributed by atoms with van der Waals surface area (Å²) in [5.41, 5.74) is 5.31. The van der Waals surface area contributed by atoms with Crippen molar-refractivity contribution in [2.45, 2.75) is 13.8 Å². The molecule has 142 valence electrons. The van der Waals surface area contributed by atoms with Gasteiger partial charge in [0.05, 0.1) is 5.69 Å². The van der Waals surface area contributed by atoms with E-state index in [-0.39, 0.29) is 11.3 Å². The Morgan fingerprint density at radius 2 is 1.45 bits per heavy atom. The van der Waals surface area contributed by atoms with Crippen LogP contribution in [0.1, 0.15) is 21.6 Å². The average Bonchev–Trinajstić information content (AvgIpc) is 2.76. The van der Waals surface area contributed by atoms with Crippen molar-refractivity contribution in [3.8, 4) is 22.4 Å². The average molecular weight is 380 g/mol. The SMILES string of the molecule is Cc1ccc(-c2cc(C(=O)n3cc(C)ccc3=O)nc(-c3ccccc3)c2)cc1. The Kier molecular flexibility index (Phi) is 4.92. The molecule has 0 saturated heterocycles. The third-order valence-corrected chi connectivity index (χ3v) is 4.78. The van der Waals surface area contributed by atoms with Crippen LogP contribution < -0.4 is 5.56 Å². The molecule has 0 radical (unpaired) electrons. The Bertz CT molecular complexity index is 1240. The van der Waals surface area contributed by atoms with Crippen molar-refractivity contribution >= 4 is 5.91 Å². The molecule has 0 aliphatic heterocycles. The fraction of sp³-hybridized carbons (Fsp3) is 0.0800. The standard InChI is InChI=1S/C25H20N2O2/c1-17-8-11-19(12-9-17)21-14-22(20-6-4-3-5-7-20)26-23(15-21)25(29)27-16-18(2)10-13-24(27)28/h3-16H,1-2H3. The van der Waals surface area contributed by atoms with Gasteiger partial charge in [0.15, 0.2) is 0 Å². The number of nitrogens with zero attached hydrogens (tertiary/aromatic N) is 2. The molecule has 0 atom stereocenters. The molecule has 2 heterocycles. The molecular weight excluding hydrogens is 360 g/mol. The van der Waals surface area contributed by atoms with E-state index in [1.807, 2.05) is 74.5 Å². The van der Waals surface area contributed by atoms with Crippen molar-refractivity contribution in [1.29, 1.82) is 0 Å². The molecule has 0 bridgehead atoms. The fourth-order valence-corrected chi connectivity index (χ4v) is 3.19. The van der Waals surface area contributed by atoms with Crippen molar-refractivity contribution in [2.75, 3.05) is 0 Å². The summed E-state index contributed by atoms with van der Waals surface area (Å²) in [5, 5.41) is 0. The molecule has 4 heteroatoms. The predicted molar refractivity (Wildman–Crippen MR) is 115 cm³/mol. The molecule has 0 spiro atoms. The molecule has 0 unspecified atom stereocenters. The van der Waals surface area contributed by atoms with Gasteiger partial charge >= 0.3 is 0 Å². The highest BCUT2D eigenvalue weighted by atomic mass is 16.2. The predicted octanol–water partition coefficient (Wildman–Crippen LogP) is 4.88. The first-order chi connectivity index (χ1) is 14.0. The summed E-state index contributed by atoms with van der Waals surface area (Å²) in [4.78, 5) is 30.0. The second kappa shape index (κ2) is 7.68. The quantitative estimate of drug-likeness (QED) is 0.509. The van der Waals surface area contributed by atoms with Crippen molar-refractivity contribution < 1.29 is 4.79 Å². The largest absolute Gasteiger partial charge is 0.283 e. The summed E-state index contributed by atoms with van der Waals surface area (Å²) >= 11 is 0. The number of aromatic nitrogens is 2. The minimum absolute atomic E-state index is 0.231. The Labute approximate surface area is 169 Å². The van der Waals surface area contributed by atoms with Crippen LogP contribution in [0.2, 0.25) is 0 Å². The first-order valence-electron chi connectivity index (χ1n) is 9.40. The Balaban J connectivity index is 1.90. The zero-order valence-electron chi connectivity index (χ0n) is 16.3. The normalized spacial score (nSPS) is 10.7. The van der Waals surface area contributed by atoms with E-state index in [2.05, 4.69) is 4.98 Å². The number of aryl methyl sites for hydroxylation is 2. The molecule has 0 fully saturated rings. The van der Waals surface area contributed by atoms with Gasteiger partial charge in [-0.2, -0.15) is 0 Å². The third kappa shape index (κ3) is 3.92. The van der Waals surface area contributed by atoms with Crippen molar-refractivity contribution in [3.05, 3.63) is 112 Å². The molecule has 4 rings (SSSR count). The number of benzene rings is 2. The lowest BCUT2D eigenvalue weighted by Crippen LogP contribution is -2.27. The summed E-state index contributed by atoms with van der Waals surface area (Å²) in [7, 11) is 0. The van der Waals surface area contributed by atoms with Crippen LogP contribution in [-0.4, -0.2) is 15.5 Å². The Hall–Kier alpha value is -3.79. The number of rotatable bonds is 3. The number of pyridine rings is 2. The molecule has 0 saturated carbocycles. The lowest BCUT2D eigenvalue weighted by atomic mass is 10.0. The van der Waals surface area contributed by atoms with E-state index in [0.29, 0.717) is 5.69 Å². The second-order valence-electron chi connectivity index (χ2n) is 7.08. The van der Waals surface area contributed by atoms with E-state index >= 15 is 0 Å². The van der Waals surface area contributed by atoms with E-state index in [9.17, 15) is 9.59 Å². The molecule has 0 aliphatic carbocycles. The molecule has 4 aromatic rings. The van der Waals surface area contributed by atoms with Crippen LogP contribution in [0, 0.1) is 13.8 Å². The number of hydrogen-bond donors (Lipinski definition) is 0. The van der Waals surface area contributed by atoms with Gasteiger partial charge in [0.25, 0.3) is 11.5 Å². The summed E-state index contributed by atoms with van der Waals surface area (Å²) in [5.74, 6) is -0.440. The summed E-state index contributed by atoms with van der Waals surface area (Å²) < 4.78 is 1.12. The van der Waals surface area contributed by atoms with E-state index in [1.165, 1.54) is 6.07 Å². The first kappa shape index (κ1) is 18.6. The summed E-state index contributed by atoms with van der Waals surface area (Å²) in [6.07, 6.45) is 1.55. The maximum absolute atomic E-state index is 13.1. The molecule has 0 aliphatic rings. The second-order valence-corrected chi connectivity index (χ2v) is 7.08. The van der Waals surface area contributed by atoms with Gasteiger partial charge < -0.3 is 0 Å². The highest BCUT2D eigenvalue weighted by Gasteiger charge is 2.16. The van der Waals surface area contributed by atoms with Gasteiger partial charge in [-0.05, 0) is 42.7 Å². The van der Waals surface area contributed by atoms with Gasteiger partial charge in [0.1, 0.15) is 5.69 Å². The van der Waals surface area contributed by atoms with Gasteiger partial charge in [-0.25, -0.2) is 9.55 Å². The minimum atomic E-state index is -0.440. The third-order valence-electron chi connectivity index (χ3n) is 4.78. The Morgan fingerprint density at radius 3 is 2.17 bits per heavy atom. The number of hydrogen-bond acceptors (Lipinski definition) is 3. The molecule has 2 aromatic carbocycles. The highest BCUT2D eigenvalue weighted by Crippen LogP contribution is 2.26. The van der Waals surface area contributed by atoms with E-state index in [4.69, 9.17) is 0 Å². The zero-order chi connectivity index (χ0) is 20.4. The van der Waals surface area contributed by atoms with Crippen LogP contribution in [0.3, 0.4) is 0 Å². The molecule has 4 nitrogen and oxygen atoms in total. The topological polar surface area (TPSA) is 52.0 Å². The van der Waals surface area contributed by atoms with Crippen LogP contribution in [0.4, 0.5) is 0 Å². The van der Waals surface area contributed by atoms with Gasteiger partial charge in [0, 0.05) is 17.8 Å². The lowest BCUT2D eigenvalue weighted by molar-refractivity contribution is 0.0951. The maximum atomic E-state index is 13.1. The smallest absolute Gasteiger partial charge is 0.269 e.